The molecule has 12 aliphatic rings. The number of nitrogens with zero attached hydrogens (tertiary/aromatic N) is 1. The fraction of sp³-hybridized carbons (Fsp3) is 0.519. The van der Waals surface area contributed by atoms with Crippen molar-refractivity contribution in [2.24, 2.45) is 39.8 Å². The van der Waals surface area contributed by atoms with E-state index in [1.54, 1.807) is 27.7 Å². The number of fused-ring (bicyclic) bond motifs is 1. The molecule has 348 valence electrons. The average Bonchev–Trinajstić information content (AvgIpc) is 4.16. The molecular formula is C54H59N4O7S2+. The third kappa shape index (κ3) is 7.46. The van der Waals surface area contributed by atoms with Gasteiger partial charge < -0.3 is 35.6 Å². The van der Waals surface area contributed by atoms with E-state index in [1.807, 2.05) is 18.3 Å². The highest BCUT2D eigenvalue weighted by atomic mass is 33.1. The maximum absolute atomic E-state index is 13.9. The van der Waals surface area contributed by atoms with Gasteiger partial charge in [0, 0.05) is 71.5 Å². The van der Waals surface area contributed by atoms with Crippen LogP contribution in [-0.4, -0.2) is 69.2 Å². The summed E-state index contributed by atoms with van der Waals surface area (Å²) in [6, 6.07) is 5.66. The molecule has 11 nitrogen and oxygen atoms in total. The van der Waals surface area contributed by atoms with Crippen LogP contribution in [-0.2, 0) is 22.4 Å². The summed E-state index contributed by atoms with van der Waals surface area (Å²) in [5.41, 5.74) is 14.2. The van der Waals surface area contributed by atoms with Crippen LogP contribution >= 0.6 is 21.6 Å². The van der Waals surface area contributed by atoms with Crippen molar-refractivity contribution in [3.05, 3.63) is 99.4 Å². The van der Waals surface area contributed by atoms with E-state index in [0.717, 1.165) is 75.3 Å². The third-order valence-corrected chi connectivity index (χ3v) is 19.4. The van der Waals surface area contributed by atoms with Crippen LogP contribution in [0.25, 0.3) is 0 Å². The van der Waals surface area contributed by atoms with Crippen LogP contribution in [0.15, 0.2) is 71.0 Å². The van der Waals surface area contributed by atoms with Gasteiger partial charge in [-0.25, -0.2) is 0 Å². The molecule has 10 bridgehead atoms. The summed E-state index contributed by atoms with van der Waals surface area (Å²) < 4.78 is 13.9. The Bertz CT molecular complexity index is 2690. The number of carbonyl (C=O) groups is 1. The first-order chi connectivity index (χ1) is 32.6. The molecule has 0 radical (unpaired) electrons. The van der Waals surface area contributed by atoms with E-state index in [4.69, 9.17) is 20.2 Å². The number of aliphatic imine (C=N–C) groups is 1. The van der Waals surface area contributed by atoms with Gasteiger partial charge in [-0.2, -0.15) is 0 Å². The average molecular weight is 940 g/mol. The molecule has 2 aromatic carbocycles. The molecule has 0 saturated heterocycles. The molecule has 2 spiro atoms. The second kappa shape index (κ2) is 17.3. The minimum atomic E-state index is -1.10. The lowest BCUT2D eigenvalue weighted by atomic mass is 9.64. The van der Waals surface area contributed by atoms with Crippen LogP contribution in [0.5, 0.6) is 17.2 Å². The molecule has 8 heterocycles. The van der Waals surface area contributed by atoms with E-state index in [9.17, 15) is 25.2 Å². The van der Waals surface area contributed by atoms with E-state index < -0.39 is 47.2 Å². The van der Waals surface area contributed by atoms with Crippen LogP contribution in [0.2, 0.25) is 0 Å². The van der Waals surface area contributed by atoms with Gasteiger partial charge in [0.25, 0.3) is 6.23 Å². The van der Waals surface area contributed by atoms with Gasteiger partial charge in [0.1, 0.15) is 48.1 Å². The Morgan fingerprint density at radius 3 is 2.75 bits per heavy atom. The number of hydrogen-bond acceptors (Lipinski definition) is 12. The van der Waals surface area contributed by atoms with Crippen LogP contribution in [0.4, 0.5) is 0 Å². The number of aromatic hydroxyl groups is 1. The summed E-state index contributed by atoms with van der Waals surface area (Å²) in [6.07, 6.45) is 21.4. The van der Waals surface area contributed by atoms with Gasteiger partial charge in [-0.3, -0.25) is 20.0 Å². The predicted molar refractivity (Wildman–Crippen MR) is 259 cm³/mol. The van der Waals surface area contributed by atoms with Gasteiger partial charge in [-0.15, -0.1) is 0 Å². The summed E-state index contributed by atoms with van der Waals surface area (Å²) >= 11 is 0. The molecule has 0 aromatic heterocycles. The zero-order valence-corrected chi connectivity index (χ0v) is 39.3. The second-order valence-corrected chi connectivity index (χ2v) is 23.2. The highest BCUT2D eigenvalue weighted by Crippen LogP contribution is 2.54. The Morgan fingerprint density at radius 1 is 1.07 bits per heavy atom. The molecule has 13 heteroatoms. The largest absolute Gasteiger partial charge is 0.508 e. The van der Waals surface area contributed by atoms with Crippen LogP contribution in [0, 0.1) is 53.0 Å². The topological polar surface area (TPSA) is 171 Å². The summed E-state index contributed by atoms with van der Waals surface area (Å²) in [6.45, 7) is 1.16. The van der Waals surface area contributed by atoms with Gasteiger partial charge in [0.2, 0.25) is 0 Å². The number of aliphatic hydroxyl groups excluding tert-OH is 3. The number of nitrogens with two attached hydrogens (primary N) is 1. The van der Waals surface area contributed by atoms with Gasteiger partial charge in [-0.1, -0.05) is 101 Å². The third-order valence-electron chi connectivity index (χ3n) is 17.0. The highest BCUT2D eigenvalue weighted by molar-refractivity contribution is 8.76. The number of rotatable bonds is 7. The van der Waals surface area contributed by atoms with Crippen molar-refractivity contribution < 1.29 is 39.6 Å². The van der Waals surface area contributed by atoms with Crippen molar-refractivity contribution in [3.8, 4) is 41.1 Å². The predicted octanol–water partition coefficient (Wildman–Crippen LogP) is 5.84. The maximum atomic E-state index is 13.9. The molecule has 1 unspecified atom stereocenters. The molecule has 14 rings (SSSR count). The minimum absolute atomic E-state index is 0.0120. The van der Waals surface area contributed by atoms with Crippen molar-refractivity contribution in [2.45, 2.75) is 125 Å². The van der Waals surface area contributed by atoms with Gasteiger partial charge in [0.15, 0.2) is 11.5 Å². The van der Waals surface area contributed by atoms with Crippen molar-refractivity contribution in [3.63, 3.8) is 0 Å². The summed E-state index contributed by atoms with van der Waals surface area (Å²) in [5, 5.41) is 50.6. The Kier molecular flexibility index (Phi) is 11.3. The number of allylic oxidation sites excluding steroid dienone is 3. The lowest BCUT2D eigenvalue weighted by molar-refractivity contribution is -0.888. The first-order valence-corrected chi connectivity index (χ1v) is 27.0. The standard InChI is InChI=1S/C54H58N4O7S2/c55-51-37-12-11-36-43(60)14-13-41-52-58-25-39-38(24-56-42(39)26-58)34-15-18-54(28-57-51,49(37)48(34)36)29-67-66-27-40-33(46(63)23-47(50(40)65-52)64-20-19-53(41)16-3-4-17-53)10-8-32(59)22-45(62)35-9-7-31(21-44(35)61)30-5-1-2-6-30/h7,9,11-12,15,18,23-25,30-31,34-35,41,43-45,51-52,57,60-63H,1-6,8,10,16-17,21-22,26-29,55H2/p+1/t31-,34-,35-,41-,43+,44-,45+,51+,52+,54+/m1/s1. The number of quaternary nitrogens is 1. The molecular weight excluding hydrogens is 881 g/mol. The first kappa shape index (κ1) is 44.0. The number of phenols is 1. The quantitative estimate of drug-likeness (QED) is 0.101. The molecule has 2 aromatic rings. The molecule has 2 saturated carbocycles. The maximum Gasteiger partial charge on any atom is 0.252 e. The summed E-state index contributed by atoms with van der Waals surface area (Å²) in [5.74, 6) is 12.1. The number of carbonyl (C=O) groups excluding carboxylic acids is 1. The minimum Gasteiger partial charge on any atom is -0.508 e. The Labute approximate surface area is 400 Å². The SMILES string of the molecule is N[C@H]1NC[C@@]23C=C[C@@H]4C5=CN=C6C[NH+](C=C56)[C@H]5Oc6c(cc(O)c(CCC(=O)C[C@H](O)[C@@H]7C=C[C@@H](C8CCCC8)C[C@H]7O)c6CSSC2)OC#CC2(CCCC2)[C@@H]5C#C[C@H](O)c2ccc1c3c24. The van der Waals surface area contributed by atoms with E-state index in [0.29, 0.717) is 59.9 Å². The van der Waals surface area contributed by atoms with Gasteiger partial charge >= 0.3 is 0 Å². The normalized spacial score (nSPS) is 34.2. The number of hydrogen-bond donors (Lipinski definition) is 7. The zero-order chi connectivity index (χ0) is 45.6. The molecule has 8 aliphatic heterocycles. The van der Waals surface area contributed by atoms with Crippen molar-refractivity contribution >= 4 is 33.1 Å². The van der Waals surface area contributed by atoms with Gasteiger partial charge in [-0.05, 0) is 78.2 Å². The van der Waals surface area contributed by atoms with Gasteiger partial charge in [0.05, 0.1) is 29.4 Å². The summed E-state index contributed by atoms with van der Waals surface area (Å²) in [7, 11) is 3.39. The Morgan fingerprint density at radius 2 is 1.91 bits per heavy atom. The molecule has 4 aliphatic carbocycles. The van der Waals surface area contributed by atoms with Crippen molar-refractivity contribution in [1.82, 2.24) is 5.32 Å². The smallest absolute Gasteiger partial charge is 0.252 e. The molecule has 8 N–H and O–H groups in total. The van der Waals surface area contributed by atoms with Crippen LogP contribution in [0.1, 0.15) is 122 Å². The lowest BCUT2D eigenvalue weighted by Gasteiger charge is -2.45. The Hall–Kier alpha value is -4.28. The fourth-order valence-electron chi connectivity index (χ4n) is 13.4. The number of ether oxygens (including phenoxy) is 2. The molecule has 11 atom stereocenters. The number of ketones is 1. The number of aliphatic hydroxyl groups is 3. The number of nitrogens with one attached hydrogen (secondary N) is 2. The van der Waals surface area contributed by atoms with Crippen molar-refractivity contribution in [1.29, 1.82) is 0 Å². The number of Topliss-reactive ketones (excluding diaryl/α,β-unsaturated/α-hetero) is 1. The second-order valence-electron chi connectivity index (χ2n) is 20.7. The van der Waals surface area contributed by atoms with Crippen LogP contribution in [0.3, 0.4) is 0 Å². The molecule has 0 amide bonds. The monoisotopic (exact) mass is 939 g/mol. The molecule has 2 fully saturated rings. The van der Waals surface area contributed by atoms with E-state index in [1.165, 1.54) is 25.7 Å². The van der Waals surface area contributed by atoms with E-state index >= 15 is 0 Å². The zero-order valence-electron chi connectivity index (χ0n) is 37.6. The highest BCUT2D eigenvalue weighted by Gasteiger charge is 2.53. The van der Waals surface area contributed by atoms with Crippen molar-refractivity contribution in [2.75, 3.05) is 18.8 Å². The number of phenolic OH excluding ortho intramolecular Hbond substituents is 1. The van der Waals surface area contributed by atoms with E-state index in [-0.39, 0.29) is 42.9 Å². The number of benzene rings is 2. The fourth-order valence-corrected chi connectivity index (χ4v) is 16.0. The summed E-state index contributed by atoms with van der Waals surface area (Å²) in [4.78, 5) is 20.0. The lowest BCUT2D eigenvalue weighted by Crippen LogP contribution is -3.13. The van der Waals surface area contributed by atoms with Crippen LogP contribution < -0.4 is 25.4 Å². The first-order valence-electron chi connectivity index (χ1n) is 24.5. The van der Waals surface area contributed by atoms with E-state index in [2.05, 4.69) is 59.7 Å². The Balaban J connectivity index is 0.956. The molecule has 67 heavy (non-hydrogen) atoms.